The van der Waals surface area contributed by atoms with Crippen molar-refractivity contribution < 1.29 is 4.74 Å². The fraction of sp³-hybridized carbons (Fsp3) is 0.182. The minimum absolute atomic E-state index is 0.129. The van der Waals surface area contributed by atoms with E-state index in [0.717, 1.165) is 15.9 Å². The number of halogens is 2. The molecule has 0 spiro atoms. The van der Waals surface area contributed by atoms with Crippen molar-refractivity contribution in [2.45, 2.75) is 6.61 Å². The van der Waals surface area contributed by atoms with Gasteiger partial charge in [0.25, 0.3) is 5.56 Å². The number of nitrogens with zero attached hydrogens (tertiary/aromatic N) is 1. The number of benzene rings is 1. The van der Waals surface area contributed by atoms with E-state index >= 15 is 0 Å². The van der Waals surface area contributed by atoms with E-state index in [2.05, 4.69) is 37.0 Å². The van der Waals surface area contributed by atoms with Crippen LogP contribution in [0.15, 0.2) is 38.0 Å². The van der Waals surface area contributed by atoms with Crippen molar-refractivity contribution in [2.75, 3.05) is 7.11 Å². The average molecular weight is 362 g/mol. The molecule has 1 heterocycles. The normalized spacial score (nSPS) is 10.8. The van der Waals surface area contributed by atoms with Gasteiger partial charge in [0.2, 0.25) is 0 Å². The topological polar surface area (TPSA) is 47.0 Å². The van der Waals surface area contributed by atoms with Gasteiger partial charge in [-0.25, -0.2) is 4.68 Å². The van der Waals surface area contributed by atoms with Crippen molar-refractivity contribution in [3.8, 4) is 5.69 Å². The molecule has 17 heavy (non-hydrogen) atoms. The van der Waals surface area contributed by atoms with Crippen molar-refractivity contribution in [2.24, 2.45) is 0 Å². The van der Waals surface area contributed by atoms with E-state index in [-0.39, 0.29) is 5.56 Å². The highest BCUT2D eigenvalue weighted by molar-refractivity contribution is 9.10. The third-order valence-corrected chi connectivity index (χ3v) is 3.57. The molecule has 0 unspecified atom stereocenters. The predicted octanol–water partition coefficient (Wildman–Crippen LogP) is 2.84. The molecule has 0 saturated heterocycles. The van der Waals surface area contributed by atoms with Crippen LogP contribution in [0.4, 0.5) is 0 Å². The van der Waals surface area contributed by atoms with Gasteiger partial charge < -0.3 is 4.74 Å². The second-order valence-electron chi connectivity index (χ2n) is 3.46. The van der Waals surface area contributed by atoms with Gasteiger partial charge in [0.1, 0.15) is 4.47 Å². The van der Waals surface area contributed by atoms with E-state index < -0.39 is 0 Å². The number of hydrogen-bond donors (Lipinski definition) is 1. The molecule has 0 bridgehead atoms. The summed E-state index contributed by atoms with van der Waals surface area (Å²) in [5.41, 5.74) is 1.36. The van der Waals surface area contributed by atoms with Crippen molar-refractivity contribution in [3.05, 3.63) is 49.3 Å². The maximum Gasteiger partial charge on any atom is 0.285 e. The standard InChI is InChI=1S/C11H10Br2N2O2/c1-17-6-9-10(13)11(16)15(14-9)8-4-2-3-7(12)5-8/h2-5,14H,6H2,1H3. The predicted molar refractivity (Wildman–Crippen MR) is 72.5 cm³/mol. The first-order valence-electron chi connectivity index (χ1n) is 4.87. The monoisotopic (exact) mass is 360 g/mol. The molecule has 2 aromatic rings. The third-order valence-electron chi connectivity index (χ3n) is 2.26. The van der Waals surface area contributed by atoms with Gasteiger partial charge in [-0.05, 0) is 34.1 Å². The lowest BCUT2D eigenvalue weighted by atomic mass is 10.3. The SMILES string of the molecule is COCc1[nH]n(-c2cccc(Br)c2)c(=O)c1Br. The van der Waals surface area contributed by atoms with Gasteiger partial charge in [-0.3, -0.25) is 9.89 Å². The number of aromatic nitrogens is 2. The lowest BCUT2D eigenvalue weighted by Gasteiger charge is -2.02. The molecule has 1 N–H and O–H groups in total. The quantitative estimate of drug-likeness (QED) is 0.913. The van der Waals surface area contributed by atoms with Crippen LogP contribution in [-0.2, 0) is 11.3 Å². The third kappa shape index (κ3) is 2.53. The first-order valence-corrected chi connectivity index (χ1v) is 6.46. The molecule has 90 valence electrons. The Kier molecular flexibility index (Phi) is 3.86. The zero-order valence-corrected chi connectivity index (χ0v) is 12.2. The number of ether oxygens (including phenoxy) is 1. The van der Waals surface area contributed by atoms with Crippen LogP contribution >= 0.6 is 31.9 Å². The number of methoxy groups -OCH3 is 1. The fourth-order valence-corrected chi connectivity index (χ4v) is 2.27. The van der Waals surface area contributed by atoms with Crippen LogP contribution in [0.3, 0.4) is 0 Å². The second-order valence-corrected chi connectivity index (χ2v) is 5.17. The van der Waals surface area contributed by atoms with Gasteiger partial charge in [-0.1, -0.05) is 22.0 Å². The van der Waals surface area contributed by atoms with Crippen LogP contribution in [0.2, 0.25) is 0 Å². The van der Waals surface area contributed by atoms with Crippen molar-refractivity contribution in [1.29, 1.82) is 0 Å². The minimum atomic E-state index is -0.129. The highest BCUT2D eigenvalue weighted by Crippen LogP contribution is 2.16. The summed E-state index contributed by atoms with van der Waals surface area (Å²) < 4.78 is 7.91. The molecular weight excluding hydrogens is 352 g/mol. The Labute approximate surface area is 115 Å². The van der Waals surface area contributed by atoms with Crippen molar-refractivity contribution in [1.82, 2.24) is 9.78 Å². The molecule has 0 saturated carbocycles. The Morgan fingerprint density at radius 1 is 1.41 bits per heavy atom. The molecule has 0 amide bonds. The van der Waals surface area contributed by atoms with Crippen molar-refractivity contribution >= 4 is 31.9 Å². The molecule has 0 fully saturated rings. The smallest absolute Gasteiger partial charge is 0.285 e. The van der Waals surface area contributed by atoms with Crippen LogP contribution in [0.1, 0.15) is 5.69 Å². The molecule has 1 aromatic carbocycles. The zero-order valence-electron chi connectivity index (χ0n) is 9.04. The van der Waals surface area contributed by atoms with Gasteiger partial charge in [0, 0.05) is 11.6 Å². The Morgan fingerprint density at radius 3 is 2.82 bits per heavy atom. The van der Waals surface area contributed by atoms with Crippen LogP contribution in [0.25, 0.3) is 5.69 Å². The van der Waals surface area contributed by atoms with E-state index in [1.54, 1.807) is 7.11 Å². The van der Waals surface area contributed by atoms with Crippen molar-refractivity contribution in [3.63, 3.8) is 0 Å². The summed E-state index contributed by atoms with van der Waals surface area (Å²) >= 11 is 6.64. The number of rotatable bonds is 3. The summed E-state index contributed by atoms with van der Waals surface area (Å²) in [6, 6.07) is 7.49. The van der Waals surface area contributed by atoms with E-state index in [1.807, 2.05) is 24.3 Å². The largest absolute Gasteiger partial charge is 0.378 e. The average Bonchev–Trinajstić information content (AvgIpc) is 2.58. The Bertz CT molecular complexity index is 589. The summed E-state index contributed by atoms with van der Waals surface area (Å²) in [6.45, 7) is 0.358. The van der Waals surface area contributed by atoms with E-state index in [9.17, 15) is 4.79 Å². The van der Waals surface area contributed by atoms with Gasteiger partial charge in [0.05, 0.1) is 18.0 Å². The lowest BCUT2D eigenvalue weighted by Crippen LogP contribution is -2.14. The number of hydrogen-bond acceptors (Lipinski definition) is 2. The summed E-state index contributed by atoms with van der Waals surface area (Å²) in [6.07, 6.45) is 0. The highest BCUT2D eigenvalue weighted by Gasteiger charge is 2.12. The van der Waals surface area contributed by atoms with Gasteiger partial charge >= 0.3 is 0 Å². The summed E-state index contributed by atoms with van der Waals surface area (Å²) in [5.74, 6) is 0. The van der Waals surface area contributed by atoms with Gasteiger partial charge in [-0.2, -0.15) is 0 Å². The first-order chi connectivity index (χ1) is 8.13. The van der Waals surface area contributed by atoms with Crippen LogP contribution < -0.4 is 5.56 Å². The Hall–Kier alpha value is -0.850. The maximum absolute atomic E-state index is 12.0. The fourth-order valence-electron chi connectivity index (χ4n) is 1.50. The van der Waals surface area contributed by atoms with Gasteiger partial charge in [0.15, 0.2) is 0 Å². The van der Waals surface area contributed by atoms with E-state index in [0.29, 0.717) is 11.1 Å². The number of aromatic amines is 1. The minimum Gasteiger partial charge on any atom is -0.378 e. The molecule has 6 heteroatoms. The molecule has 0 aliphatic carbocycles. The van der Waals surface area contributed by atoms with Crippen LogP contribution in [-0.4, -0.2) is 16.9 Å². The van der Waals surface area contributed by atoms with Crippen LogP contribution in [0, 0.1) is 0 Å². The molecule has 2 rings (SSSR count). The number of nitrogens with one attached hydrogen (secondary N) is 1. The molecule has 0 aliphatic rings. The molecule has 1 aromatic heterocycles. The van der Waals surface area contributed by atoms with Crippen LogP contribution in [0.5, 0.6) is 0 Å². The zero-order chi connectivity index (χ0) is 12.4. The highest BCUT2D eigenvalue weighted by atomic mass is 79.9. The lowest BCUT2D eigenvalue weighted by molar-refractivity contribution is 0.180. The van der Waals surface area contributed by atoms with E-state index in [1.165, 1.54) is 4.68 Å². The van der Waals surface area contributed by atoms with Gasteiger partial charge in [-0.15, -0.1) is 0 Å². The van der Waals surface area contributed by atoms with E-state index in [4.69, 9.17) is 4.74 Å². The second kappa shape index (κ2) is 5.20. The Balaban J connectivity index is 2.53. The summed E-state index contributed by atoms with van der Waals surface area (Å²) in [5, 5.41) is 3.01. The molecule has 0 atom stereocenters. The summed E-state index contributed by atoms with van der Waals surface area (Å²) in [7, 11) is 1.58. The number of H-pyrrole nitrogens is 1. The Morgan fingerprint density at radius 2 is 2.18 bits per heavy atom. The molecule has 0 aliphatic heterocycles. The first kappa shape index (κ1) is 12.6. The maximum atomic E-state index is 12.0. The summed E-state index contributed by atoms with van der Waals surface area (Å²) in [4.78, 5) is 12.0. The molecular formula is C11H10Br2N2O2. The molecule has 4 nitrogen and oxygen atoms in total. The molecule has 0 radical (unpaired) electrons.